The Kier molecular flexibility index (Phi) is 3.55. The lowest BCUT2D eigenvalue weighted by molar-refractivity contribution is 0.341. The lowest BCUT2D eigenvalue weighted by atomic mass is 10.0. The van der Waals surface area contributed by atoms with Crippen LogP contribution >= 0.6 is 0 Å². The molecule has 0 amide bonds. The molecule has 1 aromatic carbocycles. The molecule has 0 saturated carbocycles. The highest BCUT2D eigenvalue weighted by Crippen LogP contribution is 2.38. The minimum atomic E-state index is 0.448. The molecular formula is C16H16N4O. The molecule has 2 aromatic heterocycles. The van der Waals surface area contributed by atoms with E-state index in [1.54, 1.807) is 12.4 Å². The number of nitrogens with one attached hydrogen (secondary N) is 1. The zero-order valence-electron chi connectivity index (χ0n) is 11.7. The van der Waals surface area contributed by atoms with E-state index in [2.05, 4.69) is 15.2 Å². The molecule has 3 N–H and O–H groups in total. The zero-order valence-corrected chi connectivity index (χ0v) is 11.7. The van der Waals surface area contributed by atoms with E-state index in [-0.39, 0.29) is 0 Å². The topological polar surface area (TPSA) is 76.8 Å². The summed E-state index contributed by atoms with van der Waals surface area (Å²) in [6.07, 6.45) is 3.50. The van der Waals surface area contributed by atoms with Crippen LogP contribution in [0.4, 0.5) is 5.82 Å². The molecule has 0 bridgehead atoms. The molecule has 0 aliphatic carbocycles. The molecule has 0 saturated heterocycles. The van der Waals surface area contributed by atoms with Gasteiger partial charge < -0.3 is 10.5 Å². The Labute approximate surface area is 122 Å². The summed E-state index contributed by atoms with van der Waals surface area (Å²) in [6.45, 7) is 2.56. The summed E-state index contributed by atoms with van der Waals surface area (Å²) >= 11 is 0. The lowest BCUT2D eigenvalue weighted by Crippen LogP contribution is -1.95. The standard InChI is InChI=1S/C16H16N4O/c1-2-21-13-8-4-3-7-12(13)15-14(16(17)20-19-15)11-6-5-9-18-10-11/h3-10H,2H2,1H3,(H3,17,19,20). The molecule has 0 aliphatic rings. The molecule has 5 heteroatoms. The van der Waals surface area contributed by atoms with Gasteiger partial charge in [-0.2, -0.15) is 5.10 Å². The number of aromatic nitrogens is 3. The van der Waals surface area contributed by atoms with Gasteiger partial charge in [-0.15, -0.1) is 0 Å². The Hall–Kier alpha value is -2.82. The SMILES string of the molecule is CCOc1ccccc1-c1[nH]nc(N)c1-c1cccnc1. The predicted molar refractivity (Wildman–Crippen MR) is 82.8 cm³/mol. The molecule has 0 aliphatic heterocycles. The van der Waals surface area contributed by atoms with Gasteiger partial charge in [-0.25, -0.2) is 0 Å². The van der Waals surface area contributed by atoms with Gasteiger partial charge in [0.25, 0.3) is 0 Å². The first-order valence-electron chi connectivity index (χ1n) is 6.77. The number of anilines is 1. The monoisotopic (exact) mass is 280 g/mol. The molecule has 0 radical (unpaired) electrons. The van der Waals surface area contributed by atoms with E-state index in [4.69, 9.17) is 10.5 Å². The maximum Gasteiger partial charge on any atom is 0.153 e. The Bertz CT molecular complexity index is 737. The van der Waals surface area contributed by atoms with Crippen LogP contribution in [0.15, 0.2) is 48.8 Å². The molecule has 0 spiro atoms. The smallest absolute Gasteiger partial charge is 0.153 e. The third kappa shape index (κ3) is 2.45. The highest BCUT2D eigenvalue weighted by Gasteiger charge is 2.17. The number of rotatable bonds is 4. The van der Waals surface area contributed by atoms with Crippen LogP contribution in [-0.4, -0.2) is 21.8 Å². The van der Waals surface area contributed by atoms with Crippen molar-refractivity contribution in [1.82, 2.24) is 15.2 Å². The van der Waals surface area contributed by atoms with Crippen LogP contribution < -0.4 is 10.5 Å². The Morgan fingerprint density at radius 2 is 2.05 bits per heavy atom. The van der Waals surface area contributed by atoms with E-state index in [1.807, 2.05) is 43.3 Å². The van der Waals surface area contributed by atoms with Crippen molar-refractivity contribution in [2.24, 2.45) is 0 Å². The minimum absolute atomic E-state index is 0.448. The summed E-state index contributed by atoms with van der Waals surface area (Å²) in [6, 6.07) is 11.7. The van der Waals surface area contributed by atoms with Gasteiger partial charge in [0.2, 0.25) is 0 Å². The second-order valence-corrected chi connectivity index (χ2v) is 4.53. The van der Waals surface area contributed by atoms with E-state index in [1.165, 1.54) is 0 Å². The maximum atomic E-state index is 6.02. The van der Waals surface area contributed by atoms with Crippen LogP contribution in [0.2, 0.25) is 0 Å². The number of nitrogens with zero attached hydrogens (tertiary/aromatic N) is 2. The summed E-state index contributed by atoms with van der Waals surface area (Å²) in [4.78, 5) is 4.15. The number of nitrogen functional groups attached to an aromatic ring is 1. The third-order valence-electron chi connectivity index (χ3n) is 3.20. The van der Waals surface area contributed by atoms with Gasteiger partial charge >= 0.3 is 0 Å². The highest BCUT2D eigenvalue weighted by molar-refractivity contribution is 5.89. The number of pyridine rings is 1. The van der Waals surface area contributed by atoms with Crippen molar-refractivity contribution in [3.8, 4) is 28.1 Å². The van der Waals surface area contributed by atoms with Gasteiger partial charge in [-0.1, -0.05) is 18.2 Å². The number of H-pyrrole nitrogens is 1. The number of benzene rings is 1. The summed E-state index contributed by atoms with van der Waals surface area (Å²) in [5.41, 5.74) is 9.56. The summed E-state index contributed by atoms with van der Waals surface area (Å²) in [7, 11) is 0. The molecule has 0 fully saturated rings. The maximum absolute atomic E-state index is 6.02. The molecule has 2 heterocycles. The number of ether oxygens (including phenoxy) is 1. The fourth-order valence-electron chi connectivity index (χ4n) is 2.31. The van der Waals surface area contributed by atoms with E-state index >= 15 is 0 Å². The first kappa shape index (κ1) is 13.2. The van der Waals surface area contributed by atoms with Crippen LogP contribution in [-0.2, 0) is 0 Å². The van der Waals surface area contributed by atoms with Gasteiger partial charge in [0.1, 0.15) is 5.75 Å². The number of hydrogen-bond acceptors (Lipinski definition) is 4. The fraction of sp³-hybridized carbons (Fsp3) is 0.125. The molecule has 5 nitrogen and oxygen atoms in total. The zero-order chi connectivity index (χ0) is 14.7. The largest absolute Gasteiger partial charge is 0.493 e. The number of aromatic amines is 1. The third-order valence-corrected chi connectivity index (χ3v) is 3.20. The second kappa shape index (κ2) is 5.66. The van der Waals surface area contributed by atoms with Crippen LogP contribution in [0.25, 0.3) is 22.4 Å². The van der Waals surface area contributed by atoms with Crippen LogP contribution in [0, 0.1) is 0 Å². The van der Waals surface area contributed by atoms with Crippen molar-refractivity contribution < 1.29 is 4.74 Å². The number of hydrogen-bond donors (Lipinski definition) is 2. The van der Waals surface area contributed by atoms with E-state index in [0.29, 0.717) is 12.4 Å². The highest BCUT2D eigenvalue weighted by atomic mass is 16.5. The van der Waals surface area contributed by atoms with Crippen LogP contribution in [0.3, 0.4) is 0 Å². The Morgan fingerprint density at radius 1 is 1.19 bits per heavy atom. The average Bonchev–Trinajstić information content (AvgIpc) is 2.91. The van der Waals surface area contributed by atoms with Crippen molar-refractivity contribution in [3.05, 3.63) is 48.8 Å². The predicted octanol–water partition coefficient (Wildman–Crippen LogP) is 3.12. The van der Waals surface area contributed by atoms with Crippen molar-refractivity contribution in [2.45, 2.75) is 6.92 Å². The quantitative estimate of drug-likeness (QED) is 0.769. The lowest BCUT2D eigenvalue weighted by Gasteiger charge is -2.10. The van der Waals surface area contributed by atoms with Crippen molar-refractivity contribution >= 4 is 5.82 Å². The Morgan fingerprint density at radius 3 is 2.81 bits per heavy atom. The van der Waals surface area contributed by atoms with Crippen LogP contribution in [0.1, 0.15) is 6.92 Å². The van der Waals surface area contributed by atoms with Gasteiger partial charge in [-0.05, 0) is 25.1 Å². The van der Waals surface area contributed by atoms with Gasteiger partial charge in [-0.3, -0.25) is 10.1 Å². The summed E-state index contributed by atoms with van der Waals surface area (Å²) < 4.78 is 5.69. The van der Waals surface area contributed by atoms with Gasteiger partial charge in [0.05, 0.1) is 17.9 Å². The van der Waals surface area contributed by atoms with Crippen molar-refractivity contribution in [1.29, 1.82) is 0 Å². The van der Waals surface area contributed by atoms with E-state index in [0.717, 1.165) is 28.1 Å². The fourth-order valence-corrected chi connectivity index (χ4v) is 2.31. The normalized spacial score (nSPS) is 10.5. The van der Waals surface area contributed by atoms with E-state index < -0.39 is 0 Å². The van der Waals surface area contributed by atoms with Crippen molar-refractivity contribution in [2.75, 3.05) is 12.3 Å². The van der Waals surface area contributed by atoms with E-state index in [9.17, 15) is 0 Å². The molecule has 3 rings (SSSR count). The second-order valence-electron chi connectivity index (χ2n) is 4.53. The molecule has 106 valence electrons. The number of para-hydroxylation sites is 1. The van der Waals surface area contributed by atoms with Gasteiger partial charge in [0.15, 0.2) is 5.82 Å². The van der Waals surface area contributed by atoms with Crippen LogP contribution in [0.5, 0.6) is 5.75 Å². The molecule has 21 heavy (non-hydrogen) atoms. The molecule has 3 aromatic rings. The first-order valence-corrected chi connectivity index (χ1v) is 6.77. The summed E-state index contributed by atoms with van der Waals surface area (Å²) in [5.74, 6) is 1.25. The molecule has 0 unspecified atom stereocenters. The molecular weight excluding hydrogens is 264 g/mol. The summed E-state index contributed by atoms with van der Waals surface area (Å²) in [5, 5.41) is 7.14. The van der Waals surface area contributed by atoms with Crippen molar-refractivity contribution in [3.63, 3.8) is 0 Å². The molecule has 0 atom stereocenters. The minimum Gasteiger partial charge on any atom is -0.493 e. The van der Waals surface area contributed by atoms with Gasteiger partial charge in [0, 0.05) is 23.5 Å². The average molecular weight is 280 g/mol. The first-order chi connectivity index (χ1) is 10.3. The number of nitrogens with two attached hydrogens (primary N) is 1. The Balaban J connectivity index is 2.17.